The molecule has 0 bridgehead atoms. The van der Waals surface area contributed by atoms with Crippen molar-refractivity contribution in [1.29, 1.82) is 5.26 Å². The summed E-state index contributed by atoms with van der Waals surface area (Å²) in [6.07, 6.45) is 0. The molecule has 0 spiro atoms. The van der Waals surface area contributed by atoms with Gasteiger partial charge in [-0.15, -0.1) is 5.10 Å². The van der Waals surface area contributed by atoms with Crippen molar-refractivity contribution < 1.29 is 0 Å². The molecule has 0 unspecified atom stereocenters. The van der Waals surface area contributed by atoms with Gasteiger partial charge in [0.2, 0.25) is 0 Å². The summed E-state index contributed by atoms with van der Waals surface area (Å²) in [5.74, 6) is 0. The fraction of sp³-hybridized carbons (Fsp3) is 0.0625. The second kappa shape index (κ2) is 4.98. The SMILES string of the molecule is Cc1ccc(-n2nnc(C#N)c2-c2ccccc2)cc1. The Balaban J connectivity index is 2.21. The van der Waals surface area contributed by atoms with Gasteiger partial charge in [-0.25, -0.2) is 4.68 Å². The summed E-state index contributed by atoms with van der Waals surface area (Å²) in [5, 5.41) is 17.3. The molecule has 0 saturated heterocycles. The standard InChI is InChI=1S/C16H12N4/c1-12-7-9-14(10-8-12)20-16(15(11-17)18-19-20)13-5-3-2-4-6-13/h2-10H,1H3. The van der Waals surface area contributed by atoms with E-state index in [-0.39, 0.29) is 0 Å². The summed E-state index contributed by atoms with van der Waals surface area (Å²) in [7, 11) is 0. The molecular formula is C16H12N4. The van der Waals surface area contributed by atoms with Gasteiger partial charge in [-0.1, -0.05) is 53.2 Å². The molecular weight excluding hydrogens is 248 g/mol. The first-order valence-electron chi connectivity index (χ1n) is 6.28. The fourth-order valence-corrected chi connectivity index (χ4v) is 2.08. The van der Waals surface area contributed by atoms with Gasteiger partial charge in [0.1, 0.15) is 11.8 Å². The first-order chi connectivity index (χ1) is 9.79. The Morgan fingerprint density at radius 1 is 1.00 bits per heavy atom. The first kappa shape index (κ1) is 12.1. The maximum Gasteiger partial charge on any atom is 0.191 e. The number of aromatic nitrogens is 3. The second-order valence-corrected chi connectivity index (χ2v) is 4.51. The van der Waals surface area contributed by atoms with Gasteiger partial charge < -0.3 is 0 Å². The van der Waals surface area contributed by atoms with Crippen LogP contribution in [0.2, 0.25) is 0 Å². The number of nitriles is 1. The third-order valence-electron chi connectivity index (χ3n) is 3.10. The molecule has 4 heteroatoms. The maximum absolute atomic E-state index is 9.22. The van der Waals surface area contributed by atoms with Crippen molar-refractivity contribution in [3.05, 3.63) is 65.9 Å². The molecule has 96 valence electrons. The van der Waals surface area contributed by atoms with Gasteiger partial charge in [-0.3, -0.25) is 0 Å². The van der Waals surface area contributed by atoms with E-state index in [0.717, 1.165) is 16.9 Å². The molecule has 0 saturated carbocycles. The molecule has 0 atom stereocenters. The Morgan fingerprint density at radius 2 is 1.70 bits per heavy atom. The summed E-state index contributed by atoms with van der Waals surface area (Å²) in [6, 6.07) is 19.8. The Kier molecular flexibility index (Phi) is 3.02. The number of aryl methyl sites for hydroxylation is 1. The maximum atomic E-state index is 9.22. The molecule has 0 aliphatic rings. The number of hydrogen-bond donors (Lipinski definition) is 0. The lowest BCUT2D eigenvalue weighted by atomic mass is 10.1. The minimum absolute atomic E-state index is 0.330. The highest BCUT2D eigenvalue weighted by atomic mass is 15.4. The second-order valence-electron chi connectivity index (χ2n) is 4.51. The van der Waals surface area contributed by atoms with Gasteiger partial charge in [-0.05, 0) is 19.1 Å². The van der Waals surface area contributed by atoms with Crippen LogP contribution in [0.15, 0.2) is 54.6 Å². The van der Waals surface area contributed by atoms with Crippen LogP contribution in [0.4, 0.5) is 0 Å². The van der Waals surface area contributed by atoms with Crippen molar-refractivity contribution in [2.75, 3.05) is 0 Å². The van der Waals surface area contributed by atoms with Crippen LogP contribution in [0.5, 0.6) is 0 Å². The van der Waals surface area contributed by atoms with Crippen LogP contribution in [-0.4, -0.2) is 15.0 Å². The van der Waals surface area contributed by atoms with Crippen molar-refractivity contribution in [2.24, 2.45) is 0 Å². The van der Waals surface area contributed by atoms with Crippen LogP contribution in [0.3, 0.4) is 0 Å². The van der Waals surface area contributed by atoms with Crippen LogP contribution in [-0.2, 0) is 0 Å². The van der Waals surface area contributed by atoms with Gasteiger partial charge in [0, 0.05) is 5.56 Å². The summed E-state index contributed by atoms with van der Waals surface area (Å²) in [5.41, 5.74) is 4.04. The van der Waals surface area contributed by atoms with E-state index >= 15 is 0 Å². The summed E-state index contributed by atoms with van der Waals surface area (Å²) >= 11 is 0. The summed E-state index contributed by atoms with van der Waals surface area (Å²) in [6.45, 7) is 2.03. The van der Waals surface area contributed by atoms with E-state index in [9.17, 15) is 5.26 Å². The highest BCUT2D eigenvalue weighted by Crippen LogP contribution is 2.24. The third-order valence-corrected chi connectivity index (χ3v) is 3.10. The molecule has 0 radical (unpaired) electrons. The minimum Gasteiger partial charge on any atom is -0.211 e. The summed E-state index contributed by atoms with van der Waals surface area (Å²) < 4.78 is 1.70. The van der Waals surface area contributed by atoms with E-state index < -0.39 is 0 Å². The largest absolute Gasteiger partial charge is 0.211 e. The molecule has 0 amide bonds. The van der Waals surface area contributed by atoms with E-state index in [1.807, 2.05) is 61.5 Å². The topological polar surface area (TPSA) is 54.5 Å². The predicted molar refractivity (Wildman–Crippen MR) is 76.2 cm³/mol. The molecule has 0 N–H and O–H groups in total. The normalized spacial score (nSPS) is 10.2. The predicted octanol–water partition coefficient (Wildman–Crippen LogP) is 3.11. The molecule has 4 nitrogen and oxygen atoms in total. The molecule has 20 heavy (non-hydrogen) atoms. The van der Waals surface area contributed by atoms with E-state index in [1.54, 1.807) is 4.68 Å². The van der Waals surface area contributed by atoms with E-state index in [1.165, 1.54) is 5.56 Å². The van der Waals surface area contributed by atoms with Gasteiger partial charge >= 0.3 is 0 Å². The van der Waals surface area contributed by atoms with E-state index in [4.69, 9.17) is 0 Å². The fourth-order valence-electron chi connectivity index (χ4n) is 2.08. The highest BCUT2D eigenvalue weighted by molar-refractivity contribution is 5.66. The zero-order valence-electron chi connectivity index (χ0n) is 11.0. The number of rotatable bonds is 2. The molecule has 1 heterocycles. The van der Waals surface area contributed by atoms with Crippen molar-refractivity contribution in [3.8, 4) is 23.0 Å². The molecule has 0 aliphatic heterocycles. The van der Waals surface area contributed by atoms with Gasteiger partial charge in [0.15, 0.2) is 5.69 Å². The molecule has 0 fully saturated rings. The van der Waals surface area contributed by atoms with Crippen LogP contribution < -0.4 is 0 Å². The Hall–Kier alpha value is -2.93. The zero-order valence-corrected chi connectivity index (χ0v) is 11.0. The van der Waals surface area contributed by atoms with Crippen LogP contribution in [0, 0.1) is 18.3 Å². The Bertz CT molecular complexity index is 764. The lowest BCUT2D eigenvalue weighted by molar-refractivity contribution is 0.806. The Labute approximate surface area is 116 Å². The van der Waals surface area contributed by atoms with Gasteiger partial charge in [0.05, 0.1) is 5.69 Å². The van der Waals surface area contributed by atoms with Crippen LogP contribution >= 0.6 is 0 Å². The monoisotopic (exact) mass is 260 g/mol. The lowest BCUT2D eigenvalue weighted by Crippen LogP contribution is -1.99. The number of hydrogen-bond acceptors (Lipinski definition) is 3. The van der Waals surface area contributed by atoms with E-state index in [2.05, 4.69) is 16.4 Å². The number of nitrogens with zero attached hydrogens (tertiary/aromatic N) is 4. The van der Waals surface area contributed by atoms with Crippen molar-refractivity contribution in [1.82, 2.24) is 15.0 Å². The van der Waals surface area contributed by atoms with Gasteiger partial charge in [-0.2, -0.15) is 5.26 Å². The van der Waals surface area contributed by atoms with Crippen molar-refractivity contribution >= 4 is 0 Å². The van der Waals surface area contributed by atoms with Crippen LogP contribution in [0.1, 0.15) is 11.3 Å². The smallest absolute Gasteiger partial charge is 0.191 e. The molecule has 3 rings (SSSR count). The molecule has 1 aromatic heterocycles. The van der Waals surface area contributed by atoms with Crippen molar-refractivity contribution in [2.45, 2.75) is 6.92 Å². The van der Waals surface area contributed by atoms with Gasteiger partial charge in [0.25, 0.3) is 0 Å². The minimum atomic E-state index is 0.330. The third kappa shape index (κ3) is 2.06. The van der Waals surface area contributed by atoms with Crippen molar-refractivity contribution in [3.63, 3.8) is 0 Å². The summed E-state index contributed by atoms with van der Waals surface area (Å²) in [4.78, 5) is 0. The zero-order chi connectivity index (χ0) is 13.9. The highest BCUT2D eigenvalue weighted by Gasteiger charge is 2.15. The number of benzene rings is 2. The average Bonchev–Trinajstić information content (AvgIpc) is 2.93. The average molecular weight is 260 g/mol. The van der Waals surface area contributed by atoms with E-state index in [0.29, 0.717) is 5.69 Å². The molecule has 0 aliphatic carbocycles. The molecule has 3 aromatic rings. The quantitative estimate of drug-likeness (QED) is 0.711. The lowest BCUT2D eigenvalue weighted by Gasteiger charge is -2.06. The Morgan fingerprint density at radius 3 is 2.35 bits per heavy atom. The van der Waals surface area contributed by atoms with Crippen LogP contribution in [0.25, 0.3) is 16.9 Å². The first-order valence-corrected chi connectivity index (χ1v) is 6.28. The molecule has 2 aromatic carbocycles.